The van der Waals surface area contributed by atoms with Crippen LogP contribution in [-0.2, 0) is 28.6 Å². The van der Waals surface area contributed by atoms with Gasteiger partial charge in [0.25, 0.3) is 0 Å². The molecule has 0 heterocycles. The number of carboxylic acid groups (broad SMARTS) is 1. The summed E-state index contributed by atoms with van der Waals surface area (Å²) in [6.07, 6.45) is 52.2. The highest BCUT2D eigenvalue weighted by molar-refractivity contribution is 5.72. The molecule has 0 saturated heterocycles. The molecule has 0 bridgehead atoms. The predicted molar refractivity (Wildman–Crippen MR) is 262 cm³/mol. The van der Waals surface area contributed by atoms with Crippen molar-refractivity contribution in [2.75, 3.05) is 41.0 Å². The summed E-state index contributed by atoms with van der Waals surface area (Å²) in [6.45, 7) is 4.76. The van der Waals surface area contributed by atoms with Crippen molar-refractivity contribution in [1.82, 2.24) is 0 Å². The Kier molecular flexibility index (Phi) is 43.8. The molecule has 1 N–H and O–H groups in total. The lowest BCUT2D eigenvalue weighted by molar-refractivity contribution is -0.887. The number of carboxylic acids is 1. The van der Waals surface area contributed by atoms with Gasteiger partial charge < -0.3 is 23.8 Å². The van der Waals surface area contributed by atoms with Gasteiger partial charge in [0.1, 0.15) is 6.61 Å². The molecule has 0 aromatic heterocycles. The van der Waals surface area contributed by atoms with Crippen LogP contribution < -0.4 is 0 Å². The molecule has 0 aliphatic carbocycles. The minimum atomic E-state index is -0.872. The number of rotatable bonds is 48. The van der Waals surface area contributed by atoms with Gasteiger partial charge in [0.05, 0.1) is 34.4 Å². The van der Waals surface area contributed by atoms with Crippen LogP contribution in [0.4, 0.5) is 0 Å². The first-order chi connectivity index (χ1) is 30.1. The molecule has 0 radical (unpaired) electrons. The second-order valence-corrected chi connectivity index (χ2v) is 19.2. The standard InChI is InChI=1S/C54H101NO7/c1-6-8-10-12-14-16-18-20-22-24-26-27-29-30-32-34-36-38-40-42-44-52(56)61-49-50(48-60-47-46-51(54(58)59)55(3,4)5)62-53(57)45-43-41-39-37-35-33-31-28-25-23-21-19-17-15-13-11-9-7-2/h16,18,20,22,50-51H,6-15,17,19,21,23-49H2,1-5H3/p+1/b18-16+,22-20+. The molecule has 0 aliphatic heterocycles. The number of ether oxygens (including phenoxy) is 3. The van der Waals surface area contributed by atoms with Gasteiger partial charge >= 0.3 is 17.9 Å². The highest BCUT2D eigenvalue weighted by Gasteiger charge is 2.31. The number of aliphatic carboxylic acids is 1. The average molecular weight is 877 g/mol. The Morgan fingerprint density at radius 2 is 0.839 bits per heavy atom. The van der Waals surface area contributed by atoms with Crippen LogP contribution in [0.25, 0.3) is 0 Å². The van der Waals surface area contributed by atoms with Gasteiger partial charge in [-0.25, -0.2) is 4.79 Å². The molecule has 62 heavy (non-hydrogen) atoms. The predicted octanol–water partition coefficient (Wildman–Crippen LogP) is 15.2. The van der Waals surface area contributed by atoms with E-state index in [2.05, 4.69) is 38.2 Å². The fourth-order valence-electron chi connectivity index (χ4n) is 8.03. The SMILES string of the molecule is CCCCCC/C=C/C=C/CCCCCCCCCCCCC(=O)OCC(COCCC(C(=O)O)[N+](C)(C)C)OC(=O)CCCCCCCCCCCCCCCCCCCC. The number of carbonyl (C=O) groups excluding carboxylic acids is 2. The third-order valence-electron chi connectivity index (χ3n) is 12.1. The third kappa shape index (κ3) is 43.1. The number of allylic oxidation sites excluding steroid dienone is 4. The smallest absolute Gasteiger partial charge is 0.362 e. The van der Waals surface area contributed by atoms with Crippen molar-refractivity contribution in [2.45, 2.75) is 264 Å². The van der Waals surface area contributed by atoms with Gasteiger partial charge in [-0.2, -0.15) is 0 Å². The molecule has 0 aliphatic rings. The van der Waals surface area contributed by atoms with Crippen molar-refractivity contribution < 1.29 is 38.2 Å². The number of unbranched alkanes of at least 4 members (excludes halogenated alkanes) is 31. The molecule has 0 spiro atoms. The van der Waals surface area contributed by atoms with E-state index < -0.39 is 18.1 Å². The quantitative estimate of drug-likeness (QED) is 0.0281. The minimum Gasteiger partial charge on any atom is -0.477 e. The summed E-state index contributed by atoms with van der Waals surface area (Å²) < 4.78 is 17.4. The number of likely N-dealkylation sites (N-methyl/N-ethyl adjacent to an activating group) is 1. The Bertz CT molecular complexity index is 1070. The Morgan fingerprint density at radius 3 is 1.23 bits per heavy atom. The maximum absolute atomic E-state index is 12.8. The zero-order valence-electron chi connectivity index (χ0n) is 41.6. The van der Waals surface area contributed by atoms with E-state index in [-0.39, 0.29) is 36.2 Å². The highest BCUT2D eigenvalue weighted by atomic mass is 16.6. The van der Waals surface area contributed by atoms with Crippen molar-refractivity contribution in [1.29, 1.82) is 0 Å². The van der Waals surface area contributed by atoms with Gasteiger partial charge in [0.2, 0.25) is 0 Å². The van der Waals surface area contributed by atoms with Gasteiger partial charge in [0.15, 0.2) is 12.1 Å². The summed E-state index contributed by atoms with van der Waals surface area (Å²) in [7, 11) is 5.55. The highest BCUT2D eigenvalue weighted by Crippen LogP contribution is 2.17. The number of hydrogen-bond acceptors (Lipinski definition) is 6. The van der Waals surface area contributed by atoms with Gasteiger partial charge in [0, 0.05) is 19.3 Å². The van der Waals surface area contributed by atoms with E-state index in [4.69, 9.17) is 14.2 Å². The number of esters is 2. The average Bonchev–Trinajstić information content (AvgIpc) is 3.23. The summed E-state index contributed by atoms with van der Waals surface area (Å²) >= 11 is 0. The van der Waals surface area contributed by atoms with Crippen LogP contribution in [0.5, 0.6) is 0 Å². The largest absolute Gasteiger partial charge is 0.477 e. The topological polar surface area (TPSA) is 99.1 Å². The maximum Gasteiger partial charge on any atom is 0.362 e. The molecular weight excluding hydrogens is 775 g/mol. The molecule has 0 aromatic rings. The van der Waals surface area contributed by atoms with Crippen molar-refractivity contribution in [3.63, 3.8) is 0 Å². The molecule has 364 valence electrons. The van der Waals surface area contributed by atoms with E-state index in [9.17, 15) is 19.5 Å². The molecule has 8 heteroatoms. The Morgan fingerprint density at radius 1 is 0.484 bits per heavy atom. The first kappa shape index (κ1) is 59.8. The Labute approximate surface area is 383 Å². The summed E-state index contributed by atoms with van der Waals surface area (Å²) in [4.78, 5) is 37.2. The van der Waals surface area contributed by atoms with Crippen molar-refractivity contribution in [3.05, 3.63) is 24.3 Å². The van der Waals surface area contributed by atoms with Crippen molar-refractivity contribution >= 4 is 17.9 Å². The summed E-state index contributed by atoms with van der Waals surface area (Å²) in [6, 6.07) is -0.613. The molecule has 8 nitrogen and oxygen atoms in total. The van der Waals surface area contributed by atoms with E-state index in [1.165, 1.54) is 180 Å². The third-order valence-corrected chi connectivity index (χ3v) is 12.1. The first-order valence-corrected chi connectivity index (χ1v) is 26.4. The van der Waals surface area contributed by atoms with Gasteiger partial charge in [-0.15, -0.1) is 0 Å². The molecule has 0 rings (SSSR count). The minimum absolute atomic E-state index is 0.0477. The van der Waals surface area contributed by atoms with Gasteiger partial charge in [-0.05, 0) is 38.5 Å². The first-order valence-electron chi connectivity index (χ1n) is 26.4. The molecular formula is C54H102NO7+. The van der Waals surface area contributed by atoms with Crippen molar-refractivity contribution in [2.24, 2.45) is 0 Å². The summed E-state index contributed by atoms with van der Waals surface area (Å²) in [5.74, 6) is -1.45. The summed E-state index contributed by atoms with van der Waals surface area (Å²) in [5, 5.41) is 9.66. The van der Waals surface area contributed by atoms with E-state index in [0.29, 0.717) is 19.3 Å². The van der Waals surface area contributed by atoms with Crippen LogP contribution in [0.15, 0.2) is 24.3 Å². The lowest BCUT2D eigenvalue weighted by atomic mass is 10.0. The Hall–Kier alpha value is -2.19. The van der Waals surface area contributed by atoms with E-state index in [1.54, 1.807) is 0 Å². The molecule has 2 unspecified atom stereocenters. The molecule has 0 fully saturated rings. The van der Waals surface area contributed by atoms with Gasteiger partial charge in [-0.1, -0.05) is 218 Å². The second kappa shape index (κ2) is 45.4. The van der Waals surface area contributed by atoms with Crippen LogP contribution >= 0.6 is 0 Å². The van der Waals surface area contributed by atoms with Crippen LogP contribution in [0.3, 0.4) is 0 Å². The van der Waals surface area contributed by atoms with Crippen LogP contribution in [0, 0.1) is 0 Å². The lowest BCUT2D eigenvalue weighted by Gasteiger charge is -2.31. The number of quaternary nitrogens is 1. The van der Waals surface area contributed by atoms with Crippen LogP contribution in [-0.4, -0.2) is 80.6 Å². The number of nitrogens with zero attached hydrogens (tertiary/aromatic N) is 1. The van der Waals surface area contributed by atoms with Crippen LogP contribution in [0.1, 0.15) is 251 Å². The molecule has 2 atom stereocenters. The molecule has 0 amide bonds. The monoisotopic (exact) mass is 877 g/mol. The molecule has 0 saturated carbocycles. The fraction of sp³-hybridized carbons (Fsp3) is 0.870. The van der Waals surface area contributed by atoms with Crippen molar-refractivity contribution in [3.8, 4) is 0 Å². The summed E-state index contributed by atoms with van der Waals surface area (Å²) in [5.41, 5.74) is 0. The lowest BCUT2D eigenvalue weighted by Crippen LogP contribution is -2.50. The normalized spacial score (nSPS) is 13.0. The van der Waals surface area contributed by atoms with Gasteiger partial charge in [-0.3, -0.25) is 9.59 Å². The van der Waals surface area contributed by atoms with Crippen LogP contribution in [0.2, 0.25) is 0 Å². The fourth-order valence-corrected chi connectivity index (χ4v) is 8.03. The van der Waals surface area contributed by atoms with E-state index >= 15 is 0 Å². The zero-order valence-corrected chi connectivity index (χ0v) is 41.6. The van der Waals surface area contributed by atoms with E-state index in [1.807, 2.05) is 21.1 Å². The Balaban J connectivity index is 4.20. The maximum atomic E-state index is 12.8. The zero-order chi connectivity index (χ0) is 45.6. The second-order valence-electron chi connectivity index (χ2n) is 19.2. The van der Waals surface area contributed by atoms with E-state index in [0.717, 1.165) is 38.5 Å². The molecule has 0 aromatic carbocycles. The number of hydrogen-bond donors (Lipinski definition) is 1. The number of carbonyl (C=O) groups is 3.